The van der Waals surface area contributed by atoms with Gasteiger partial charge in [0.2, 0.25) is 0 Å². The zero-order chi connectivity index (χ0) is 22.0. The highest BCUT2D eigenvalue weighted by atomic mass is 19.1. The van der Waals surface area contributed by atoms with Crippen molar-refractivity contribution in [1.29, 1.82) is 0 Å². The number of ether oxygens (including phenoxy) is 1. The van der Waals surface area contributed by atoms with E-state index in [4.69, 9.17) is 4.74 Å². The van der Waals surface area contributed by atoms with Crippen molar-refractivity contribution >= 4 is 11.9 Å². The molecule has 2 heterocycles. The molecule has 1 N–H and O–H groups in total. The average Bonchev–Trinajstić information content (AvgIpc) is 3.00. The van der Waals surface area contributed by atoms with E-state index >= 15 is 0 Å². The number of nitrogens with zero attached hydrogens (tertiary/aromatic N) is 3. The number of halogens is 1. The van der Waals surface area contributed by atoms with Gasteiger partial charge in [-0.25, -0.2) is 14.1 Å². The first kappa shape index (κ1) is 21.3. The molecular weight excluding hydrogens is 399 g/mol. The molecule has 4 rings (SSSR count). The third-order valence-electron chi connectivity index (χ3n) is 6.07. The molecule has 0 unspecified atom stereocenters. The Hall–Kier alpha value is -2.97. The van der Waals surface area contributed by atoms with Crippen LogP contribution in [0.25, 0.3) is 0 Å². The molecule has 0 radical (unpaired) electrons. The number of rotatable bonds is 6. The van der Waals surface area contributed by atoms with E-state index < -0.39 is 5.54 Å². The molecule has 31 heavy (non-hydrogen) atoms. The van der Waals surface area contributed by atoms with Gasteiger partial charge in [0.25, 0.3) is 5.91 Å². The standard InChI is InChI=1S/C23H27FN4O3/c1-23(18-6-4-3-5-7-18)21(29)28(22(30)25-23)16-27-12-10-26(11-13-27)15-17-14-19(24)8-9-20(17)31-2/h3-9,14H,10-13,15-16H2,1-2H3,(H,25,30)/t23-/m0/s1. The van der Waals surface area contributed by atoms with Crippen molar-refractivity contribution in [2.45, 2.75) is 19.0 Å². The Balaban J connectivity index is 1.36. The van der Waals surface area contributed by atoms with E-state index in [1.54, 1.807) is 20.1 Å². The van der Waals surface area contributed by atoms with Gasteiger partial charge in [-0.1, -0.05) is 30.3 Å². The third kappa shape index (κ3) is 4.26. The number of nitrogens with one attached hydrogen (secondary N) is 1. The summed E-state index contributed by atoms with van der Waals surface area (Å²) in [6, 6.07) is 13.5. The summed E-state index contributed by atoms with van der Waals surface area (Å²) in [6.45, 7) is 5.49. The zero-order valence-corrected chi connectivity index (χ0v) is 17.8. The third-order valence-corrected chi connectivity index (χ3v) is 6.07. The lowest BCUT2D eigenvalue weighted by molar-refractivity contribution is -0.132. The SMILES string of the molecule is COc1ccc(F)cc1CN1CCN(CN2C(=O)N[C@@](C)(c3ccccc3)C2=O)CC1. The molecule has 2 aliphatic rings. The van der Waals surface area contributed by atoms with Gasteiger partial charge in [-0.05, 0) is 30.7 Å². The summed E-state index contributed by atoms with van der Waals surface area (Å²) >= 11 is 0. The van der Waals surface area contributed by atoms with E-state index in [1.807, 2.05) is 30.3 Å². The molecule has 8 heteroatoms. The van der Waals surface area contributed by atoms with Crippen LogP contribution in [0.2, 0.25) is 0 Å². The highest BCUT2D eigenvalue weighted by molar-refractivity contribution is 6.07. The van der Waals surface area contributed by atoms with Gasteiger partial charge in [0.1, 0.15) is 17.1 Å². The second-order valence-corrected chi connectivity index (χ2v) is 8.15. The fourth-order valence-corrected chi connectivity index (χ4v) is 4.19. The molecule has 2 aromatic carbocycles. The molecule has 2 fully saturated rings. The van der Waals surface area contributed by atoms with Gasteiger partial charge in [-0.2, -0.15) is 0 Å². The number of carbonyl (C=O) groups excluding carboxylic acids is 2. The smallest absolute Gasteiger partial charge is 0.326 e. The molecule has 2 saturated heterocycles. The van der Waals surface area contributed by atoms with Gasteiger partial charge < -0.3 is 10.1 Å². The molecule has 0 spiro atoms. The Bertz CT molecular complexity index is 963. The Morgan fingerprint density at radius 1 is 1.03 bits per heavy atom. The highest BCUT2D eigenvalue weighted by Gasteiger charge is 2.49. The summed E-state index contributed by atoms with van der Waals surface area (Å²) < 4.78 is 19.0. The van der Waals surface area contributed by atoms with Gasteiger partial charge in [0.15, 0.2) is 0 Å². The predicted molar refractivity (Wildman–Crippen MR) is 114 cm³/mol. The van der Waals surface area contributed by atoms with Crippen LogP contribution >= 0.6 is 0 Å². The van der Waals surface area contributed by atoms with Gasteiger partial charge in [0.05, 0.1) is 13.8 Å². The van der Waals surface area contributed by atoms with Crippen LogP contribution in [0.3, 0.4) is 0 Å². The second kappa shape index (κ2) is 8.64. The molecule has 3 amide bonds. The van der Waals surface area contributed by atoms with Crippen LogP contribution < -0.4 is 10.1 Å². The lowest BCUT2D eigenvalue weighted by atomic mass is 9.92. The van der Waals surface area contributed by atoms with Gasteiger partial charge in [0, 0.05) is 38.3 Å². The van der Waals surface area contributed by atoms with E-state index in [-0.39, 0.29) is 24.4 Å². The Labute approximate surface area is 181 Å². The minimum Gasteiger partial charge on any atom is -0.496 e. The zero-order valence-electron chi connectivity index (χ0n) is 17.8. The molecule has 0 aromatic heterocycles. The normalized spacial score (nSPS) is 22.6. The van der Waals surface area contributed by atoms with Crippen LogP contribution in [0.15, 0.2) is 48.5 Å². The number of methoxy groups -OCH3 is 1. The van der Waals surface area contributed by atoms with Gasteiger partial charge in [-0.3, -0.25) is 14.6 Å². The number of hydrogen-bond donors (Lipinski definition) is 1. The van der Waals surface area contributed by atoms with Crippen LogP contribution in [0, 0.1) is 5.82 Å². The van der Waals surface area contributed by atoms with Crippen LogP contribution in [-0.2, 0) is 16.9 Å². The molecule has 0 saturated carbocycles. The number of urea groups is 1. The average molecular weight is 426 g/mol. The summed E-state index contributed by atoms with van der Waals surface area (Å²) in [7, 11) is 1.58. The number of amides is 3. The van der Waals surface area contributed by atoms with Crippen molar-refractivity contribution in [3.05, 3.63) is 65.5 Å². The van der Waals surface area contributed by atoms with Crippen LogP contribution in [0.4, 0.5) is 9.18 Å². The lowest BCUT2D eigenvalue weighted by Crippen LogP contribution is -2.51. The number of carbonyl (C=O) groups is 2. The number of hydrogen-bond acceptors (Lipinski definition) is 5. The quantitative estimate of drug-likeness (QED) is 0.719. The van der Waals surface area contributed by atoms with Crippen LogP contribution in [0.5, 0.6) is 5.75 Å². The van der Waals surface area contributed by atoms with E-state index in [2.05, 4.69) is 15.1 Å². The highest BCUT2D eigenvalue weighted by Crippen LogP contribution is 2.29. The van der Waals surface area contributed by atoms with Crippen molar-refractivity contribution in [2.24, 2.45) is 0 Å². The molecular formula is C23H27FN4O3. The molecule has 7 nitrogen and oxygen atoms in total. The van der Waals surface area contributed by atoms with Crippen LogP contribution in [0.1, 0.15) is 18.1 Å². The molecule has 0 bridgehead atoms. The van der Waals surface area contributed by atoms with E-state index in [0.717, 1.165) is 24.2 Å². The van der Waals surface area contributed by atoms with Crippen molar-refractivity contribution in [2.75, 3.05) is 40.0 Å². The molecule has 2 aliphatic heterocycles. The first-order valence-electron chi connectivity index (χ1n) is 10.4. The number of piperazine rings is 1. The first-order valence-corrected chi connectivity index (χ1v) is 10.4. The maximum atomic E-state index is 13.6. The number of benzene rings is 2. The number of imide groups is 1. The summed E-state index contributed by atoms with van der Waals surface area (Å²) in [6.07, 6.45) is 0. The maximum Gasteiger partial charge on any atom is 0.326 e. The Morgan fingerprint density at radius 3 is 2.39 bits per heavy atom. The Kier molecular flexibility index (Phi) is 5.93. The first-order chi connectivity index (χ1) is 14.9. The van der Waals surface area contributed by atoms with Crippen molar-refractivity contribution in [1.82, 2.24) is 20.0 Å². The predicted octanol–water partition coefficient (Wildman–Crippen LogP) is 2.38. The maximum absolute atomic E-state index is 13.6. The van der Waals surface area contributed by atoms with E-state index in [9.17, 15) is 14.0 Å². The van der Waals surface area contributed by atoms with Gasteiger partial charge >= 0.3 is 6.03 Å². The molecule has 2 aromatic rings. The molecule has 0 aliphatic carbocycles. The van der Waals surface area contributed by atoms with Gasteiger partial charge in [-0.15, -0.1) is 0 Å². The lowest BCUT2D eigenvalue weighted by Gasteiger charge is -2.36. The molecule has 164 valence electrons. The van der Waals surface area contributed by atoms with Crippen molar-refractivity contribution < 1.29 is 18.7 Å². The van der Waals surface area contributed by atoms with E-state index in [0.29, 0.717) is 25.4 Å². The summed E-state index contributed by atoms with van der Waals surface area (Å²) in [5.74, 6) is 0.147. The summed E-state index contributed by atoms with van der Waals surface area (Å²) in [4.78, 5) is 31.2. The molecule has 1 atom stereocenters. The second-order valence-electron chi connectivity index (χ2n) is 8.15. The topological polar surface area (TPSA) is 65.1 Å². The Morgan fingerprint density at radius 2 is 1.71 bits per heavy atom. The minimum atomic E-state index is -1.05. The van der Waals surface area contributed by atoms with Crippen LogP contribution in [-0.4, -0.2) is 66.6 Å². The van der Waals surface area contributed by atoms with Crippen molar-refractivity contribution in [3.63, 3.8) is 0 Å². The fourth-order valence-electron chi connectivity index (χ4n) is 4.19. The monoisotopic (exact) mass is 426 g/mol. The summed E-state index contributed by atoms with van der Waals surface area (Å²) in [5, 5.41) is 2.85. The van der Waals surface area contributed by atoms with E-state index in [1.165, 1.54) is 17.0 Å². The minimum absolute atomic E-state index is 0.240. The summed E-state index contributed by atoms with van der Waals surface area (Å²) in [5.41, 5.74) is 0.530. The van der Waals surface area contributed by atoms with Crippen molar-refractivity contribution in [3.8, 4) is 5.75 Å². The largest absolute Gasteiger partial charge is 0.496 e. The fraction of sp³-hybridized carbons (Fsp3) is 0.391.